The number of hydrogen-bond acceptors (Lipinski definition) is 5. The maximum atomic E-state index is 13.3. The normalized spacial score (nSPS) is 24.7. The Hall–Kier alpha value is -2.72. The van der Waals surface area contributed by atoms with Crippen molar-refractivity contribution < 1.29 is 18.0 Å². The van der Waals surface area contributed by atoms with Gasteiger partial charge in [-0.1, -0.05) is 18.2 Å². The van der Waals surface area contributed by atoms with E-state index in [0.717, 1.165) is 23.5 Å². The summed E-state index contributed by atoms with van der Waals surface area (Å²) in [5, 5.41) is 10.1. The molecule has 1 saturated carbocycles. The zero-order valence-electron chi connectivity index (χ0n) is 19.5. The first-order valence-electron chi connectivity index (χ1n) is 11.2. The van der Waals surface area contributed by atoms with Crippen LogP contribution in [0.4, 0.5) is 0 Å². The van der Waals surface area contributed by atoms with Crippen molar-refractivity contribution in [3.63, 3.8) is 0 Å². The van der Waals surface area contributed by atoms with Gasteiger partial charge >= 0.3 is 0 Å². The number of sulfonamides is 1. The topological polar surface area (TPSA) is 113 Å². The van der Waals surface area contributed by atoms with Crippen molar-refractivity contribution in [1.82, 2.24) is 24.7 Å². The minimum absolute atomic E-state index is 0.104. The summed E-state index contributed by atoms with van der Waals surface area (Å²) in [6, 6.07) is 7.29. The molecule has 0 radical (unpaired) electrons. The van der Waals surface area contributed by atoms with E-state index in [-0.39, 0.29) is 29.2 Å². The number of aromatic nitrogens is 2. The molecule has 2 amide bonds. The van der Waals surface area contributed by atoms with Crippen molar-refractivity contribution in [1.29, 1.82) is 0 Å². The van der Waals surface area contributed by atoms with Crippen molar-refractivity contribution in [3.8, 4) is 0 Å². The fraction of sp³-hybridized carbons (Fsp3) is 0.522. The molecule has 4 rings (SSSR count). The number of carbonyl (C=O) groups excluding carboxylic acids is 2. The van der Waals surface area contributed by atoms with E-state index in [0.29, 0.717) is 19.4 Å². The van der Waals surface area contributed by atoms with Gasteiger partial charge in [0.1, 0.15) is 6.04 Å². The first kappa shape index (κ1) is 23.4. The SMILES string of the molecule is CCn1nc(C)c(CNC(=O)[C@H]2C[C@@]23C[C@@H](C(=O)NC)N(S(=O)(=O)c2ccccc2)C3)c1C. The van der Waals surface area contributed by atoms with Gasteiger partial charge < -0.3 is 10.6 Å². The van der Waals surface area contributed by atoms with E-state index in [4.69, 9.17) is 0 Å². The van der Waals surface area contributed by atoms with Crippen LogP contribution in [-0.2, 0) is 32.7 Å². The molecule has 1 aromatic heterocycles. The highest BCUT2D eigenvalue weighted by atomic mass is 32.2. The van der Waals surface area contributed by atoms with Crippen LogP contribution in [-0.4, -0.2) is 54.0 Å². The number of likely N-dealkylation sites (N-methyl/N-ethyl adjacent to an activating group) is 1. The van der Waals surface area contributed by atoms with Crippen molar-refractivity contribution in [2.45, 2.75) is 57.6 Å². The van der Waals surface area contributed by atoms with Crippen molar-refractivity contribution >= 4 is 21.8 Å². The van der Waals surface area contributed by atoms with Gasteiger partial charge in [-0.15, -0.1) is 0 Å². The van der Waals surface area contributed by atoms with Crippen LogP contribution in [0.15, 0.2) is 35.2 Å². The summed E-state index contributed by atoms with van der Waals surface area (Å²) < 4.78 is 29.8. The standard InChI is InChI=1S/C23H31N5O4S/c1-5-27-16(3)18(15(2)26-27)13-25-21(29)19-11-23(19)12-20(22(30)24-4)28(14-23)33(31,32)17-9-7-6-8-10-17/h6-10,19-20H,5,11-14H2,1-4H3,(H,24,30)(H,25,29)/t19-,20+,23+/m1/s1. The number of rotatable bonds is 7. The molecule has 1 aromatic carbocycles. The van der Waals surface area contributed by atoms with Gasteiger partial charge in [0, 0.05) is 43.9 Å². The zero-order chi connectivity index (χ0) is 24.0. The van der Waals surface area contributed by atoms with Crippen LogP contribution in [0.25, 0.3) is 0 Å². The smallest absolute Gasteiger partial charge is 0.243 e. The monoisotopic (exact) mass is 473 g/mol. The second-order valence-electron chi connectivity index (χ2n) is 9.00. The maximum Gasteiger partial charge on any atom is 0.243 e. The van der Waals surface area contributed by atoms with E-state index < -0.39 is 21.5 Å². The van der Waals surface area contributed by atoms with Gasteiger partial charge in [0.05, 0.1) is 10.6 Å². The van der Waals surface area contributed by atoms with E-state index in [9.17, 15) is 18.0 Å². The van der Waals surface area contributed by atoms with Gasteiger partial charge in [0.15, 0.2) is 0 Å². The molecule has 2 N–H and O–H groups in total. The van der Waals surface area contributed by atoms with E-state index in [2.05, 4.69) is 15.7 Å². The highest BCUT2D eigenvalue weighted by Crippen LogP contribution is 2.61. The lowest BCUT2D eigenvalue weighted by Crippen LogP contribution is -2.44. The van der Waals surface area contributed by atoms with E-state index in [1.165, 1.54) is 23.5 Å². The molecule has 2 aromatic rings. The number of amides is 2. The molecule has 0 bridgehead atoms. The summed E-state index contributed by atoms with van der Waals surface area (Å²) in [5.41, 5.74) is 2.41. The molecule has 0 unspecified atom stereocenters. The third-order valence-corrected chi connectivity index (χ3v) is 8.96. The molecule has 178 valence electrons. The molecule has 1 aliphatic heterocycles. The Morgan fingerprint density at radius 2 is 1.85 bits per heavy atom. The van der Waals surface area contributed by atoms with Gasteiger partial charge in [-0.25, -0.2) is 8.42 Å². The van der Waals surface area contributed by atoms with Crippen molar-refractivity contribution in [3.05, 3.63) is 47.3 Å². The molecule has 1 aliphatic carbocycles. The second-order valence-corrected chi connectivity index (χ2v) is 10.9. The summed E-state index contributed by atoms with van der Waals surface area (Å²) in [4.78, 5) is 25.7. The van der Waals surface area contributed by atoms with E-state index in [1.807, 2.05) is 25.5 Å². The molecule has 2 fully saturated rings. The molecule has 2 aliphatic rings. The Labute approximate surface area is 194 Å². The summed E-state index contributed by atoms with van der Waals surface area (Å²) in [5.74, 6) is -0.772. The average molecular weight is 474 g/mol. The number of benzene rings is 1. The highest BCUT2D eigenvalue weighted by Gasteiger charge is 2.66. The minimum Gasteiger partial charge on any atom is -0.358 e. The largest absolute Gasteiger partial charge is 0.358 e. The van der Waals surface area contributed by atoms with Crippen LogP contribution in [0, 0.1) is 25.2 Å². The van der Waals surface area contributed by atoms with E-state index in [1.54, 1.807) is 18.2 Å². The van der Waals surface area contributed by atoms with Crippen molar-refractivity contribution in [2.24, 2.45) is 11.3 Å². The van der Waals surface area contributed by atoms with E-state index >= 15 is 0 Å². The summed E-state index contributed by atoms with van der Waals surface area (Å²) in [6.45, 7) is 7.24. The first-order valence-corrected chi connectivity index (χ1v) is 12.7. The maximum absolute atomic E-state index is 13.3. The lowest BCUT2D eigenvalue weighted by atomic mass is 9.99. The van der Waals surface area contributed by atoms with Gasteiger partial charge in [0.25, 0.3) is 0 Å². The molecular weight excluding hydrogens is 442 g/mol. The van der Waals surface area contributed by atoms with Gasteiger partial charge in [0.2, 0.25) is 21.8 Å². The van der Waals surface area contributed by atoms with Crippen LogP contribution in [0.2, 0.25) is 0 Å². The predicted octanol–water partition coefficient (Wildman–Crippen LogP) is 1.35. The van der Waals surface area contributed by atoms with Crippen LogP contribution in [0.3, 0.4) is 0 Å². The number of nitrogens with one attached hydrogen (secondary N) is 2. The lowest BCUT2D eigenvalue weighted by Gasteiger charge is -2.22. The fourth-order valence-electron chi connectivity index (χ4n) is 5.06. The third-order valence-electron chi connectivity index (χ3n) is 7.09. The van der Waals surface area contributed by atoms with Crippen LogP contribution in [0.1, 0.15) is 36.7 Å². The average Bonchev–Trinajstić information content (AvgIpc) is 3.25. The van der Waals surface area contributed by atoms with Crippen molar-refractivity contribution in [2.75, 3.05) is 13.6 Å². The minimum atomic E-state index is -3.86. The molecule has 9 nitrogen and oxygen atoms in total. The summed E-state index contributed by atoms with van der Waals surface area (Å²) in [7, 11) is -2.36. The Balaban J connectivity index is 1.50. The Kier molecular flexibility index (Phi) is 6.09. The number of carbonyl (C=O) groups is 2. The quantitative estimate of drug-likeness (QED) is 0.630. The predicted molar refractivity (Wildman–Crippen MR) is 123 cm³/mol. The summed E-state index contributed by atoms with van der Waals surface area (Å²) >= 11 is 0. The molecule has 10 heteroatoms. The van der Waals surface area contributed by atoms with Crippen LogP contribution in [0.5, 0.6) is 0 Å². The molecule has 1 spiro atoms. The van der Waals surface area contributed by atoms with Crippen LogP contribution < -0.4 is 10.6 Å². The molecule has 1 saturated heterocycles. The lowest BCUT2D eigenvalue weighted by molar-refractivity contribution is -0.124. The highest BCUT2D eigenvalue weighted by molar-refractivity contribution is 7.89. The number of nitrogens with zero attached hydrogens (tertiary/aromatic N) is 3. The number of hydrogen-bond donors (Lipinski definition) is 2. The first-order chi connectivity index (χ1) is 15.6. The fourth-order valence-corrected chi connectivity index (χ4v) is 6.76. The van der Waals surface area contributed by atoms with Gasteiger partial charge in [-0.05, 0) is 51.2 Å². The molecule has 3 atom stereocenters. The second kappa shape index (κ2) is 8.57. The Morgan fingerprint density at radius 1 is 1.15 bits per heavy atom. The number of aryl methyl sites for hydroxylation is 2. The molecular formula is C23H31N5O4S. The Morgan fingerprint density at radius 3 is 2.45 bits per heavy atom. The third kappa shape index (κ3) is 4.06. The zero-order valence-corrected chi connectivity index (χ0v) is 20.3. The van der Waals surface area contributed by atoms with Gasteiger partial charge in [-0.2, -0.15) is 9.40 Å². The molecule has 33 heavy (non-hydrogen) atoms. The van der Waals surface area contributed by atoms with Crippen LogP contribution >= 0.6 is 0 Å². The van der Waals surface area contributed by atoms with Gasteiger partial charge in [-0.3, -0.25) is 14.3 Å². The summed E-state index contributed by atoms with van der Waals surface area (Å²) in [6.07, 6.45) is 0.905. The Bertz CT molecular complexity index is 1180. The molecule has 2 heterocycles.